The van der Waals surface area contributed by atoms with Crippen molar-refractivity contribution in [1.29, 1.82) is 0 Å². The minimum Gasteiger partial charge on any atom is -0.477 e. The van der Waals surface area contributed by atoms with Crippen LogP contribution in [-0.4, -0.2) is 31.9 Å². The Kier molecular flexibility index (Phi) is 4.17. The van der Waals surface area contributed by atoms with E-state index in [1.807, 2.05) is 31.0 Å². The molecule has 152 valence electrons. The molecule has 3 fully saturated rings. The lowest BCUT2D eigenvalue weighted by molar-refractivity contribution is 0.00388. The Bertz CT molecular complexity index is 1060. The van der Waals surface area contributed by atoms with Gasteiger partial charge in [0.25, 0.3) is 0 Å². The topological polar surface area (TPSA) is 78.9 Å². The maximum absolute atomic E-state index is 6.45. The number of hydrogen-bond acceptors (Lipinski definition) is 5. The molecule has 3 heterocycles. The molecule has 0 spiro atoms. The van der Waals surface area contributed by atoms with E-state index in [0.29, 0.717) is 0 Å². The van der Waals surface area contributed by atoms with Crippen LogP contribution in [0.1, 0.15) is 49.8 Å². The number of nitrogens with zero attached hydrogens (tertiary/aromatic N) is 4. The molecule has 0 aliphatic heterocycles. The zero-order chi connectivity index (χ0) is 20.2. The van der Waals surface area contributed by atoms with E-state index >= 15 is 0 Å². The molecule has 0 saturated heterocycles. The standard InChI is InChI=1S/C23H29N5O/c1-15-10-17(18-11-16(2)27-20-19(18)13-26-28(20)3)12-25-21(15)29-14-22-4-7-23(24,8-5-22)9-6-22/h10-13H,4-9,14,24H2,1-3H3. The second-order valence-electron chi connectivity index (χ2n) is 9.31. The molecule has 0 aromatic carbocycles. The summed E-state index contributed by atoms with van der Waals surface area (Å²) in [5.41, 5.74) is 11.9. The second kappa shape index (κ2) is 6.52. The quantitative estimate of drug-likeness (QED) is 0.725. The van der Waals surface area contributed by atoms with E-state index in [9.17, 15) is 0 Å². The fraction of sp³-hybridized carbons (Fsp3) is 0.522. The highest BCUT2D eigenvalue weighted by Crippen LogP contribution is 2.51. The molecule has 6 nitrogen and oxygen atoms in total. The van der Waals surface area contributed by atoms with Crippen molar-refractivity contribution in [2.75, 3.05) is 6.61 Å². The number of fused-ring (bicyclic) bond motifs is 4. The second-order valence-corrected chi connectivity index (χ2v) is 9.31. The number of nitrogens with two attached hydrogens (primary N) is 1. The molecule has 0 radical (unpaired) electrons. The third-order valence-corrected chi connectivity index (χ3v) is 7.15. The van der Waals surface area contributed by atoms with Crippen molar-refractivity contribution < 1.29 is 4.74 Å². The SMILES string of the molecule is Cc1cc(-c2cnc(OCC34CCC(N)(CC3)CC4)c(C)c2)c2cnn(C)c2n1. The van der Waals surface area contributed by atoms with Crippen molar-refractivity contribution in [3.63, 3.8) is 0 Å². The van der Waals surface area contributed by atoms with E-state index in [4.69, 9.17) is 10.5 Å². The molecule has 0 unspecified atom stereocenters. The van der Waals surface area contributed by atoms with Crippen LogP contribution < -0.4 is 10.5 Å². The molecule has 0 atom stereocenters. The third kappa shape index (κ3) is 3.19. The molecule has 3 aromatic heterocycles. The van der Waals surface area contributed by atoms with E-state index in [0.717, 1.165) is 65.2 Å². The smallest absolute Gasteiger partial charge is 0.216 e. The van der Waals surface area contributed by atoms with Crippen molar-refractivity contribution in [3.8, 4) is 17.0 Å². The summed E-state index contributed by atoms with van der Waals surface area (Å²) in [5, 5.41) is 5.41. The van der Waals surface area contributed by atoms with Crippen LogP contribution in [0.4, 0.5) is 0 Å². The lowest BCUT2D eigenvalue weighted by Gasteiger charge is -2.51. The summed E-state index contributed by atoms with van der Waals surface area (Å²) in [5.74, 6) is 0.742. The fourth-order valence-electron chi connectivity index (χ4n) is 5.07. The monoisotopic (exact) mass is 391 g/mol. The highest BCUT2D eigenvalue weighted by Gasteiger charge is 2.47. The van der Waals surface area contributed by atoms with Crippen LogP contribution in [0.15, 0.2) is 24.5 Å². The van der Waals surface area contributed by atoms with Crippen molar-refractivity contribution in [2.24, 2.45) is 18.2 Å². The van der Waals surface area contributed by atoms with E-state index in [1.54, 1.807) is 0 Å². The molecule has 3 aliphatic rings. The highest BCUT2D eigenvalue weighted by molar-refractivity contribution is 5.92. The minimum atomic E-state index is 0.0951. The predicted octanol–water partition coefficient (Wildman–Crippen LogP) is 4.08. The summed E-state index contributed by atoms with van der Waals surface area (Å²) in [4.78, 5) is 9.29. The van der Waals surface area contributed by atoms with Crippen LogP contribution in [0.3, 0.4) is 0 Å². The molecule has 0 amide bonds. The van der Waals surface area contributed by atoms with Crippen LogP contribution >= 0.6 is 0 Å². The maximum Gasteiger partial charge on any atom is 0.216 e. The molecule has 3 saturated carbocycles. The zero-order valence-electron chi connectivity index (χ0n) is 17.5. The van der Waals surface area contributed by atoms with Gasteiger partial charge in [0.15, 0.2) is 5.65 Å². The van der Waals surface area contributed by atoms with Gasteiger partial charge < -0.3 is 10.5 Å². The molecule has 29 heavy (non-hydrogen) atoms. The Labute approximate surface area is 171 Å². The first-order valence-electron chi connectivity index (χ1n) is 10.5. The molecular weight excluding hydrogens is 362 g/mol. The van der Waals surface area contributed by atoms with Gasteiger partial charge in [0.05, 0.1) is 12.8 Å². The van der Waals surface area contributed by atoms with E-state index < -0.39 is 0 Å². The van der Waals surface area contributed by atoms with Gasteiger partial charge in [-0.1, -0.05) is 0 Å². The summed E-state index contributed by atoms with van der Waals surface area (Å²) in [6.07, 6.45) is 10.7. The Balaban J connectivity index is 1.39. The van der Waals surface area contributed by atoms with Crippen molar-refractivity contribution in [3.05, 3.63) is 35.8 Å². The summed E-state index contributed by atoms with van der Waals surface area (Å²) < 4.78 is 8.07. The van der Waals surface area contributed by atoms with E-state index in [2.05, 4.69) is 34.1 Å². The van der Waals surface area contributed by atoms with Gasteiger partial charge in [-0.25, -0.2) is 9.97 Å². The summed E-state index contributed by atoms with van der Waals surface area (Å²) in [7, 11) is 1.92. The first-order valence-corrected chi connectivity index (χ1v) is 10.5. The van der Waals surface area contributed by atoms with Gasteiger partial charge in [-0.15, -0.1) is 0 Å². The number of ether oxygens (including phenoxy) is 1. The van der Waals surface area contributed by atoms with Gasteiger partial charge in [-0.05, 0) is 70.1 Å². The molecule has 3 aliphatic carbocycles. The number of rotatable bonds is 4. The zero-order valence-corrected chi connectivity index (χ0v) is 17.5. The van der Waals surface area contributed by atoms with Crippen LogP contribution in [0.2, 0.25) is 0 Å². The summed E-state index contributed by atoms with van der Waals surface area (Å²) in [6.45, 7) is 4.83. The molecule has 2 N–H and O–H groups in total. The van der Waals surface area contributed by atoms with Crippen molar-refractivity contribution >= 4 is 11.0 Å². The number of pyridine rings is 2. The van der Waals surface area contributed by atoms with Gasteiger partial charge in [0.1, 0.15) is 0 Å². The van der Waals surface area contributed by atoms with Gasteiger partial charge in [-0.2, -0.15) is 5.10 Å². The van der Waals surface area contributed by atoms with Gasteiger partial charge >= 0.3 is 0 Å². The number of hydrogen-bond donors (Lipinski definition) is 1. The van der Waals surface area contributed by atoms with Crippen molar-refractivity contribution in [1.82, 2.24) is 19.7 Å². The Morgan fingerprint density at radius 1 is 1.07 bits per heavy atom. The van der Waals surface area contributed by atoms with E-state index in [-0.39, 0.29) is 11.0 Å². The minimum absolute atomic E-state index is 0.0951. The first-order chi connectivity index (χ1) is 13.9. The summed E-state index contributed by atoms with van der Waals surface area (Å²) >= 11 is 0. The Hall–Kier alpha value is -2.47. The number of aryl methyl sites for hydroxylation is 3. The lowest BCUT2D eigenvalue weighted by atomic mass is 9.58. The number of aromatic nitrogens is 4. The molecule has 6 heteroatoms. The largest absolute Gasteiger partial charge is 0.477 e. The van der Waals surface area contributed by atoms with Crippen molar-refractivity contribution in [2.45, 2.75) is 57.9 Å². The Morgan fingerprint density at radius 3 is 2.48 bits per heavy atom. The predicted molar refractivity (Wildman–Crippen MR) is 114 cm³/mol. The van der Waals surface area contributed by atoms with Crippen LogP contribution in [0, 0.1) is 19.3 Å². The third-order valence-electron chi connectivity index (χ3n) is 7.15. The Morgan fingerprint density at radius 2 is 1.79 bits per heavy atom. The maximum atomic E-state index is 6.45. The average molecular weight is 392 g/mol. The normalized spacial score (nSPS) is 26.2. The van der Waals surface area contributed by atoms with E-state index in [1.165, 1.54) is 19.3 Å². The van der Waals surface area contributed by atoms with Gasteiger partial charge in [0.2, 0.25) is 5.88 Å². The van der Waals surface area contributed by atoms with Gasteiger partial charge in [-0.3, -0.25) is 4.68 Å². The van der Waals surface area contributed by atoms with Gasteiger partial charge in [0, 0.05) is 46.4 Å². The highest BCUT2D eigenvalue weighted by atomic mass is 16.5. The average Bonchev–Trinajstić information content (AvgIpc) is 3.08. The van der Waals surface area contributed by atoms with Crippen LogP contribution in [0.5, 0.6) is 5.88 Å². The lowest BCUT2D eigenvalue weighted by Crippen LogP contribution is -2.53. The molecule has 3 aromatic rings. The summed E-state index contributed by atoms with van der Waals surface area (Å²) in [6, 6.07) is 4.26. The fourth-order valence-corrected chi connectivity index (χ4v) is 5.07. The van der Waals surface area contributed by atoms with Crippen LogP contribution in [-0.2, 0) is 7.05 Å². The van der Waals surface area contributed by atoms with Crippen LogP contribution in [0.25, 0.3) is 22.2 Å². The molecule has 6 rings (SSSR count). The molecular formula is C23H29N5O. The first kappa shape index (κ1) is 18.6. The molecule has 2 bridgehead atoms.